The lowest BCUT2D eigenvalue weighted by Gasteiger charge is -2.26. The van der Waals surface area contributed by atoms with Gasteiger partial charge < -0.3 is 0 Å². The van der Waals surface area contributed by atoms with E-state index in [1.165, 1.54) is 35.7 Å². The van der Waals surface area contributed by atoms with Gasteiger partial charge in [0.05, 0.1) is 5.69 Å². The Labute approximate surface area is 235 Å². The van der Waals surface area contributed by atoms with E-state index in [1.54, 1.807) is 6.07 Å². The molecule has 0 radical (unpaired) electrons. The molecule has 0 amide bonds. The van der Waals surface area contributed by atoms with Crippen molar-refractivity contribution >= 4 is 17.2 Å². The average molecular weight is 577 g/mol. The Balaban J connectivity index is 0.000000267. The first kappa shape index (κ1) is 30.8. The third kappa shape index (κ3) is 8.65. The van der Waals surface area contributed by atoms with Crippen LogP contribution in [0.3, 0.4) is 0 Å². The Kier molecular flexibility index (Phi) is 11.7. The third-order valence-electron chi connectivity index (χ3n) is 6.48. The molecule has 0 saturated carbocycles. The van der Waals surface area contributed by atoms with Gasteiger partial charge >= 0.3 is 11.4 Å². The quantitative estimate of drug-likeness (QED) is 0.199. The van der Waals surface area contributed by atoms with Crippen LogP contribution in [0.25, 0.3) is 5.57 Å². The van der Waals surface area contributed by atoms with Crippen molar-refractivity contribution in [3.8, 4) is 0 Å². The van der Waals surface area contributed by atoms with E-state index in [9.17, 15) is 23.6 Å². The Morgan fingerprint density at radius 2 is 1.43 bits per heavy atom. The van der Waals surface area contributed by atoms with Crippen LogP contribution in [0.1, 0.15) is 37.8 Å². The monoisotopic (exact) mass is 576 g/mol. The lowest BCUT2D eigenvalue weighted by Crippen LogP contribution is -2.39. The van der Waals surface area contributed by atoms with Crippen molar-refractivity contribution in [1.82, 2.24) is 38.6 Å². The van der Waals surface area contributed by atoms with Crippen LogP contribution in [0.5, 0.6) is 0 Å². The molecule has 0 bridgehead atoms. The fourth-order valence-corrected chi connectivity index (χ4v) is 4.23. The minimum Gasteiger partial charge on any atom is -0.299 e. The van der Waals surface area contributed by atoms with E-state index >= 15 is 0 Å². The van der Waals surface area contributed by atoms with E-state index < -0.39 is 11.5 Å². The predicted molar refractivity (Wildman–Crippen MR) is 150 cm³/mol. The number of unbranched alkanes of at least 4 members (excludes halogenated alkanes) is 2. The highest BCUT2D eigenvalue weighted by Crippen LogP contribution is 2.20. The Bertz CT molecular complexity index is 1540. The summed E-state index contributed by atoms with van der Waals surface area (Å²) in [5.74, 6) is 0.119. The molecule has 0 atom stereocenters. The van der Waals surface area contributed by atoms with Gasteiger partial charge in [-0.1, -0.05) is 12.1 Å². The molecule has 0 aliphatic carbocycles. The molecule has 1 aliphatic heterocycles. The van der Waals surface area contributed by atoms with Crippen LogP contribution >= 0.6 is 11.6 Å². The first-order valence-corrected chi connectivity index (χ1v) is 13.6. The average Bonchev–Trinajstić information content (AvgIpc) is 2.96. The SMILES string of the molecule is Cn1c(=O)cnn(CCCCCl)c1=O.Cn1c(=O)cnn(CCCCN2CC=C(c3cccc(F)n3)CC2)c1=O. The molecule has 0 unspecified atom stereocenters. The van der Waals surface area contributed by atoms with Crippen molar-refractivity contribution in [2.24, 2.45) is 14.1 Å². The molecule has 4 heterocycles. The van der Waals surface area contributed by atoms with Gasteiger partial charge in [-0.25, -0.2) is 23.9 Å². The summed E-state index contributed by atoms with van der Waals surface area (Å²) in [4.78, 5) is 51.9. The van der Waals surface area contributed by atoms with Gasteiger partial charge in [-0.15, -0.1) is 11.6 Å². The topological polar surface area (TPSA) is 130 Å². The van der Waals surface area contributed by atoms with E-state index in [2.05, 4.69) is 26.2 Å². The Hall–Kier alpha value is -3.71. The lowest BCUT2D eigenvalue weighted by atomic mass is 10.0. The second-order valence-corrected chi connectivity index (χ2v) is 9.70. The molecule has 3 aromatic heterocycles. The summed E-state index contributed by atoms with van der Waals surface area (Å²) in [6, 6.07) is 4.87. The van der Waals surface area contributed by atoms with E-state index in [-0.39, 0.29) is 16.9 Å². The molecule has 12 nitrogen and oxygen atoms in total. The zero-order chi connectivity index (χ0) is 29.1. The van der Waals surface area contributed by atoms with Crippen molar-refractivity contribution < 1.29 is 4.39 Å². The van der Waals surface area contributed by atoms with Crippen LogP contribution in [-0.2, 0) is 27.2 Å². The zero-order valence-electron chi connectivity index (χ0n) is 22.7. The number of nitrogens with zero attached hydrogens (tertiary/aromatic N) is 8. The maximum Gasteiger partial charge on any atom is 0.347 e. The predicted octanol–water partition coefficient (Wildman–Crippen LogP) is 1.01. The zero-order valence-corrected chi connectivity index (χ0v) is 23.5. The standard InChI is InChI=1S/C18H22FN5O2.C8H12ClN3O2/c1-22-17(25)13-20-24(18(22)26)10-3-2-9-23-11-7-14(8-12-23)15-5-4-6-16(19)21-15;1-11-7(13)6-10-12(8(11)14)5-3-2-4-9/h4-7,13H,2-3,8-12H2,1H3;6H,2-5H2,1H3. The van der Waals surface area contributed by atoms with E-state index in [0.29, 0.717) is 24.7 Å². The summed E-state index contributed by atoms with van der Waals surface area (Å²) in [6.07, 6.45) is 8.61. The van der Waals surface area contributed by atoms with Crippen LogP contribution in [0.15, 0.2) is 55.8 Å². The highest BCUT2D eigenvalue weighted by atomic mass is 35.5. The molecule has 1 aliphatic rings. The lowest BCUT2D eigenvalue weighted by molar-refractivity contribution is 0.290. The summed E-state index contributed by atoms with van der Waals surface area (Å²) < 4.78 is 17.9. The van der Waals surface area contributed by atoms with Gasteiger partial charge in [0, 0.05) is 46.2 Å². The molecular formula is C26H34ClFN8O4. The van der Waals surface area contributed by atoms with Crippen LogP contribution < -0.4 is 22.5 Å². The fourth-order valence-electron chi connectivity index (χ4n) is 4.04. The van der Waals surface area contributed by atoms with Gasteiger partial charge in [-0.05, 0) is 56.4 Å². The minimum absolute atomic E-state index is 0.382. The minimum atomic E-state index is -0.451. The number of aryl methyl sites for hydroxylation is 2. The highest BCUT2D eigenvalue weighted by Gasteiger charge is 2.14. The van der Waals surface area contributed by atoms with Crippen LogP contribution in [0.4, 0.5) is 4.39 Å². The number of pyridine rings is 1. The first-order chi connectivity index (χ1) is 19.2. The number of alkyl halides is 1. The number of halogens is 2. The summed E-state index contributed by atoms with van der Waals surface area (Å²) in [6.45, 7) is 3.63. The molecular weight excluding hydrogens is 543 g/mol. The summed E-state index contributed by atoms with van der Waals surface area (Å²) in [5.41, 5.74) is 0.253. The van der Waals surface area contributed by atoms with Crippen LogP contribution in [-0.4, -0.2) is 64.1 Å². The van der Waals surface area contributed by atoms with Crippen molar-refractivity contribution in [2.75, 3.05) is 25.5 Å². The maximum absolute atomic E-state index is 13.2. The van der Waals surface area contributed by atoms with Crippen molar-refractivity contribution in [3.05, 3.63) is 90.0 Å². The number of hydrogen-bond acceptors (Lipinski definition) is 8. The largest absolute Gasteiger partial charge is 0.347 e. The smallest absolute Gasteiger partial charge is 0.299 e. The number of hydrogen-bond donors (Lipinski definition) is 0. The van der Waals surface area contributed by atoms with Crippen molar-refractivity contribution in [3.63, 3.8) is 0 Å². The first-order valence-electron chi connectivity index (χ1n) is 13.1. The summed E-state index contributed by atoms with van der Waals surface area (Å²) in [5, 5.41) is 7.62. The molecule has 0 spiro atoms. The second-order valence-electron chi connectivity index (χ2n) is 9.32. The number of aromatic nitrogens is 7. The molecule has 40 heavy (non-hydrogen) atoms. The van der Waals surface area contributed by atoms with Gasteiger partial charge in [0.1, 0.15) is 12.4 Å². The normalized spacial score (nSPS) is 13.4. The third-order valence-corrected chi connectivity index (χ3v) is 6.74. The van der Waals surface area contributed by atoms with Gasteiger partial charge in [0.25, 0.3) is 11.1 Å². The number of rotatable bonds is 10. The molecule has 3 aromatic rings. The molecule has 14 heteroatoms. The molecule has 0 fully saturated rings. The van der Waals surface area contributed by atoms with E-state index in [1.807, 2.05) is 6.07 Å². The van der Waals surface area contributed by atoms with Crippen molar-refractivity contribution in [2.45, 2.75) is 45.2 Å². The van der Waals surface area contributed by atoms with Gasteiger partial charge in [0.2, 0.25) is 5.95 Å². The van der Waals surface area contributed by atoms with Crippen LogP contribution in [0.2, 0.25) is 0 Å². The molecule has 0 aromatic carbocycles. The van der Waals surface area contributed by atoms with E-state index in [4.69, 9.17) is 11.6 Å². The van der Waals surface area contributed by atoms with Gasteiger partial charge in [-0.2, -0.15) is 14.6 Å². The second kappa shape index (κ2) is 15.2. The molecule has 4 rings (SSSR count). The molecule has 0 N–H and O–H groups in total. The molecule has 216 valence electrons. The Morgan fingerprint density at radius 3 is 1.95 bits per heavy atom. The maximum atomic E-state index is 13.2. The van der Waals surface area contributed by atoms with E-state index in [0.717, 1.165) is 72.6 Å². The van der Waals surface area contributed by atoms with Gasteiger partial charge in [-0.3, -0.25) is 23.6 Å². The van der Waals surface area contributed by atoms with Gasteiger partial charge in [0.15, 0.2) is 0 Å². The Morgan fingerprint density at radius 1 is 0.850 bits per heavy atom. The summed E-state index contributed by atoms with van der Waals surface area (Å²) in [7, 11) is 2.89. The molecule has 0 saturated heterocycles. The van der Waals surface area contributed by atoms with Crippen molar-refractivity contribution in [1.29, 1.82) is 0 Å². The fraction of sp³-hybridized carbons (Fsp3) is 0.500. The summed E-state index contributed by atoms with van der Waals surface area (Å²) >= 11 is 5.50. The van der Waals surface area contributed by atoms with Crippen LogP contribution in [0, 0.1) is 5.95 Å². The highest BCUT2D eigenvalue weighted by molar-refractivity contribution is 6.17.